The Bertz CT molecular complexity index is 780. The van der Waals surface area contributed by atoms with Crippen LogP contribution in [0.5, 0.6) is 0 Å². The summed E-state index contributed by atoms with van der Waals surface area (Å²) < 4.78 is 32.4. The molecule has 1 heterocycles. The summed E-state index contributed by atoms with van der Waals surface area (Å²) in [6, 6.07) is 4.87. The SMILES string of the molecule is CC1=C(C)CC(C(=O)NS(=O)(=O)c2ccc3c(c2)COC3)CC1. The van der Waals surface area contributed by atoms with Crippen LogP contribution < -0.4 is 4.72 Å². The van der Waals surface area contributed by atoms with E-state index in [0.717, 1.165) is 17.5 Å². The Labute approximate surface area is 136 Å². The minimum absolute atomic E-state index is 0.120. The molecule has 23 heavy (non-hydrogen) atoms. The number of benzene rings is 1. The zero-order valence-corrected chi connectivity index (χ0v) is 14.2. The zero-order chi connectivity index (χ0) is 16.6. The van der Waals surface area contributed by atoms with Crippen molar-refractivity contribution in [1.29, 1.82) is 0 Å². The molecule has 0 saturated heterocycles. The number of carbonyl (C=O) groups excluding carboxylic acids is 1. The van der Waals surface area contributed by atoms with Crippen LogP contribution in [0.2, 0.25) is 0 Å². The van der Waals surface area contributed by atoms with Gasteiger partial charge in [0.15, 0.2) is 0 Å². The lowest BCUT2D eigenvalue weighted by Crippen LogP contribution is -2.36. The van der Waals surface area contributed by atoms with Gasteiger partial charge in [0.05, 0.1) is 18.1 Å². The average Bonchev–Trinajstić information content (AvgIpc) is 2.97. The Morgan fingerprint density at radius 1 is 1.17 bits per heavy atom. The van der Waals surface area contributed by atoms with Crippen molar-refractivity contribution < 1.29 is 17.9 Å². The first kappa shape index (κ1) is 16.2. The molecule has 1 aromatic rings. The third-order valence-corrected chi connectivity index (χ3v) is 6.10. The number of fused-ring (bicyclic) bond motifs is 1. The molecule has 0 fully saturated rings. The Balaban J connectivity index is 1.75. The molecule has 0 radical (unpaired) electrons. The predicted molar refractivity (Wildman–Crippen MR) is 86.0 cm³/mol. The Kier molecular flexibility index (Phi) is 4.29. The van der Waals surface area contributed by atoms with Gasteiger partial charge in [-0.1, -0.05) is 17.2 Å². The van der Waals surface area contributed by atoms with Gasteiger partial charge in [0.25, 0.3) is 10.0 Å². The molecule has 2 aliphatic rings. The summed E-state index contributed by atoms with van der Waals surface area (Å²) in [5, 5.41) is 0. The summed E-state index contributed by atoms with van der Waals surface area (Å²) in [7, 11) is -3.83. The van der Waals surface area contributed by atoms with Crippen molar-refractivity contribution in [3.63, 3.8) is 0 Å². The van der Waals surface area contributed by atoms with Gasteiger partial charge in [0.2, 0.25) is 5.91 Å². The van der Waals surface area contributed by atoms with Crippen LogP contribution in [0.4, 0.5) is 0 Å². The number of carbonyl (C=O) groups is 1. The molecule has 1 aromatic carbocycles. The van der Waals surface area contributed by atoms with Gasteiger partial charge in [-0.25, -0.2) is 13.1 Å². The first-order valence-corrected chi connectivity index (χ1v) is 9.26. The fourth-order valence-corrected chi connectivity index (χ4v) is 4.16. The van der Waals surface area contributed by atoms with Crippen LogP contribution in [-0.2, 0) is 32.8 Å². The number of rotatable bonds is 3. The second-order valence-electron chi connectivity index (χ2n) is 6.39. The lowest BCUT2D eigenvalue weighted by Gasteiger charge is -2.23. The van der Waals surface area contributed by atoms with E-state index in [0.29, 0.717) is 26.1 Å². The van der Waals surface area contributed by atoms with Gasteiger partial charge < -0.3 is 4.74 Å². The molecule has 1 amide bonds. The average molecular weight is 335 g/mol. The quantitative estimate of drug-likeness (QED) is 0.862. The molecule has 0 bridgehead atoms. The summed E-state index contributed by atoms with van der Waals surface area (Å²) in [4.78, 5) is 12.5. The van der Waals surface area contributed by atoms with Gasteiger partial charge in [-0.05, 0) is 56.4 Å². The number of amides is 1. The maximum atomic E-state index is 12.4. The third-order valence-electron chi connectivity index (χ3n) is 4.76. The van der Waals surface area contributed by atoms with Crippen LogP contribution in [0.3, 0.4) is 0 Å². The van der Waals surface area contributed by atoms with Crippen molar-refractivity contribution in [2.45, 2.75) is 51.2 Å². The molecule has 5 nitrogen and oxygen atoms in total. The van der Waals surface area contributed by atoms with E-state index in [4.69, 9.17) is 4.74 Å². The van der Waals surface area contributed by atoms with E-state index in [1.165, 1.54) is 17.2 Å². The standard InChI is InChI=1S/C17H21NO4S/c1-11-3-4-13(7-12(11)2)17(19)18-23(20,21)16-6-5-14-9-22-10-15(14)8-16/h5-6,8,13H,3-4,7,9-10H2,1-2H3,(H,18,19). The second-order valence-corrected chi connectivity index (χ2v) is 8.08. The van der Waals surface area contributed by atoms with Crippen molar-refractivity contribution in [1.82, 2.24) is 4.72 Å². The Hall–Kier alpha value is -1.66. The van der Waals surface area contributed by atoms with E-state index in [9.17, 15) is 13.2 Å². The van der Waals surface area contributed by atoms with E-state index in [1.54, 1.807) is 12.1 Å². The van der Waals surface area contributed by atoms with E-state index >= 15 is 0 Å². The minimum atomic E-state index is -3.83. The molecular formula is C17H21NO4S. The molecule has 1 unspecified atom stereocenters. The van der Waals surface area contributed by atoms with Crippen LogP contribution in [0, 0.1) is 5.92 Å². The van der Waals surface area contributed by atoms with Gasteiger partial charge in [-0.15, -0.1) is 0 Å². The molecule has 1 N–H and O–H groups in total. The largest absolute Gasteiger partial charge is 0.372 e. The van der Waals surface area contributed by atoms with Gasteiger partial charge in [-0.2, -0.15) is 0 Å². The van der Waals surface area contributed by atoms with Crippen LogP contribution in [0.1, 0.15) is 44.2 Å². The topological polar surface area (TPSA) is 72.5 Å². The summed E-state index contributed by atoms with van der Waals surface area (Å²) >= 11 is 0. The highest BCUT2D eigenvalue weighted by Crippen LogP contribution is 2.29. The molecule has 3 rings (SSSR count). The van der Waals surface area contributed by atoms with Crippen LogP contribution >= 0.6 is 0 Å². The fourth-order valence-electron chi connectivity index (χ4n) is 3.06. The summed E-state index contributed by atoms with van der Waals surface area (Å²) in [5.41, 5.74) is 4.35. The van der Waals surface area contributed by atoms with E-state index in [1.807, 2.05) is 6.92 Å². The van der Waals surface area contributed by atoms with E-state index in [-0.39, 0.29) is 10.8 Å². The molecule has 1 aliphatic carbocycles. The molecule has 1 aliphatic heterocycles. The number of nitrogens with one attached hydrogen (secondary N) is 1. The summed E-state index contributed by atoms with van der Waals surface area (Å²) in [6.45, 7) is 4.99. The summed E-state index contributed by atoms with van der Waals surface area (Å²) in [6.07, 6.45) is 2.17. The monoisotopic (exact) mass is 335 g/mol. The van der Waals surface area contributed by atoms with Crippen LogP contribution in [0.15, 0.2) is 34.2 Å². The number of hydrogen-bond donors (Lipinski definition) is 1. The molecule has 6 heteroatoms. The lowest BCUT2D eigenvalue weighted by molar-refractivity contribution is -0.123. The smallest absolute Gasteiger partial charge is 0.264 e. The van der Waals surface area contributed by atoms with Gasteiger partial charge >= 0.3 is 0 Å². The first-order chi connectivity index (χ1) is 10.9. The Morgan fingerprint density at radius 2 is 1.91 bits per heavy atom. The van der Waals surface area contributed by atoms with Gasteiger partial charge in [0, 0.05) is 5.92 Å². The van der Waals surface area contributed by atoms with Gasteiger partial charge in [-0.3, -0.25) is 4.79 Å². The molecule has 0 saturated carbocycles. The maximum absolute atomic E-state index is 12.4. The first-order valence-electron chi connectivity index (χ1n) is 7.78. The minimum Gasteiger partial charge on any atom is -0.372 e. The zero-order valence-electron chi connectivity index (χ0n) is 13.4. The number of sulfonamides is 1. The lowest BCUT2D eigenvalue weighted by atomic mass is 9.85. The van der Waals surface area contributed by atoms with Crippen molar-refractivity contribution in [2.75, 3.05) is 0 Å². The molecule has 124 valence electrons. The molecule has 0 aromatic heterocycles. The highest BCUT2D eigenvalue weighted by Gasteiger charge is 2.28. The van der Waals surface area contributed by atoms with Crippen molar-refractivity contribution in [2.24, 2.45) is 5.92 Å². The van der Waals surface area contributed by atoms with Crippen molar-refractivity contribution in [3.05, 3.63) is 40.5 Å². The normalized spacial score (nSPS) is 21.2. The highest BCUT2D eigenvalue weighted by molar-refractivity contribution is 7.90. The molecule has 0 spiro atoms. The Morgan fingerprint density at radius 3 is 2.65 bits per heavy atom. The van der Waals surface area contributed by atoms with Crippen LogP contribution in [0.25, 0.3) is 0 Å². The third kappa shape index (κ3) is 3.33. The molecule has 1 atom stereocenters. The number of hydrogen-bond acceptors (Lipinski definition) is 4. The van der Waals surface area contributed by atoms with Crippen molar-refractivity contribution in [3.8, 4) is 0 Å². The van der Waals surface area contributed by atoms with Gasteiger partial charge in [0.1, 0.15) is 0 Å². The maximum Gasteiger partial charge on any atom is 0.264 e. The fraction of sp³-hybridized carbons (Fsp3) is 0.471. The van der Waals surface area contributed by atoms with Crippen molar-refractivity contribution >= 4 is 15.9 Å². The van der Waals surface area contributed by atoms with E-state index in [2.05, 4.69) is 11.6 Å². The van der Waals surface area contributed by atoms with E-state index < -0.39 is 15.9 Å². The second kappa shape index (κ2) is 6.09. The number of allylic oxidation sites excluding steroid dienone is 2. The highest BCUT2D eigenvalue weighted by atomic mass is 32.2. The summed E-state index contributed by atoms with van der Waals surface area (Å²) in [5.74, 6) is -0.681. The number of ether oxygens (including phenoxy) is 1. The predicted octanol–water partition coefficient (Wildman–Crippen LogP) is 2.66. The molecular weight excluding hydrogens is 314 g/mol. The van der Waals surface area contributed by atoms with Crippen LogP contribution in [-0.4, -0.2) is 14.3 Å².